The summed E-state index contributed by atoms with van der Waals surface area (Å²) in [7, 11) is 1.92. The maximum atomic E-state index is 11.4. The molecule has 1 aromatic rings. The van der Waals surface area contributed by atoms with E-state index in [2.05, 4.69) is 4.98 Å². The number of likely N-dealkylation sites (N-methyl/N-ethyl adjacent to an activating group) is 1. The summed E-state index contributed by atoms with van der Waals surface area (Å²) in [6.07, 6.45) is 4.43. The van der Waals surface area contributed by atoms with E-state index in [4.69, 9.17) is 4.74 Å². The molecular weight excluding hydrogens is 216 g/mol. The van der Waals surface area contributed by atoms with Gasteiger partial charge < -0.3 is 4.74 Å². The number of aromatic nitrogens is 1. The smallest absolute Gasteiger partial charge is 0.320 e. The minimum absolute atomic E-state index is 0.0453. The molecule has 1 rings (SSSR count). The molecule has 17 heavy (non-hydrogen) atoms. The lowest BCUT2D eigenvalue weighted by molar-refractivity contribution is -0.148. The van der Waals surface area contributed by atoms with E-state index in [9.17, 15) is 4.79 Å². The predicted octanol–water partition coefficient (Wildman–Crippen LogP) is 1.51. The summed E-state index contributed by atoms with van der Waals surface area (Å²) in [5, 5.41) is 0. The SMILES string of the molecule is CC(C)OC(=O)CN(C)CCc1ccncc1. The highest BCUT2D eigenvalue weighted by molar-refractivity contribution is 5.71. The number of carbonyl (C=O) groups excluding carboxylic acids is 1. The highest BCUT2D eigenvalue weighted by Gasteiger charge is 2.09. The van der Waals surface area contributed by atoms with Gasteiger partial charge in [-0.1, -0.05) is 0 Å². The molecule has 0 aliphatic heterocycles. The highest BCUT2D eigenvalue weighted by Crippen LogP contribution is 1.99. The Kier molecular flexibility index (Phi) is 5.63. The summed E-state index contributed by atoms with van der Waals surface area (Å²) in [6.45, 7) is 4.88. The molecule has 0 saturated heterocycles. The van der Waals surface area contributed by atoms with Gasteiger partial charge in [-0.2, -0.15) is 0 Å². The molecule has 0 unspecified atom stereocenters. The van der Waals surface area contributed by atoms with Crippen molar-refractivity contribution in [2.24, 2.45) is 0 Å². The first-order chi connectivity index (χ1) is 8.08. The van der Waals surface area contributed by atoms with Crippen molar-refractivity contribution < 1.29 is 9.53 Å². The molecule has 0 radical (unpaired) electrons. The van der Waals surface area contributed by atoms with Crippen LogP contribution in [0.1, 0.15) is 19.4 Å². The number of rotatable bonds is 6. The Morgan fingerprint density at radius 2 is 2.06 bits per heavy atom. The number of hydrogen-bond donors (Lipinski definition) is 0. The maximum Gasteiger partial charge on any atom is 0.320 e. The van der Waals surface area contributed by atoms with Crippen LogP contribution in [0, 0.1) is 0 Å². The van der Waals surface area contributed by atoms with Gasteiger partial charge in [0.2, 0.25) is 0 Å². The second kappa shape index (κ2) is 7.01. The van der Waals surface area contributed by atoms with Crippen molar-refractivity contribution in [2.45, 2.75) is 26.4 Å². The monoisotopic (exact) mass is 236 g/mol. The lowest BCUT2D eigenvalue weighted by Crippen LogP contribution is -2.30. The van der Waals surface area contributed by atoms with Crippen LogP contribution in [0.3, 0.4) is 0 Å². The molecule has 0 fully saturated rings. The molecule has 0 spiro atoms. The van der Waals surface area contributed by atoms with Gasteiger partial charge in [0.15, 0.2) is 0 Å². The number of pyridine rings is 1. The lowest BCUT2D eigenvalue weighted by atomic mass is 10.2. The standard InChI is InChI=1S/C13H20N2O2/c1-11(2)17-13(16)10-15(3)9-6-12-4-7-14-8-5-12/h4-5,7-8,11H,6,9-10H2,1-3H3. The highest BCUT2D eigenvalue weighted by atomic mass is 16.5. The van der Waals surface area contributed by atoms with E-state index < -0.39 is 0 Å². The molecule has 0 atom stereocenters. The van der Waals surface area contributed by atoms with Gasteiger partial charge in [0.1, 0.15) is 0 Å². The summed E-state index contributed by atoms with van der Waals surface area (Å²) in [6, 6.07) is 3.97. The molecular formula is C13H20N2O2. The molecule has 0 N–H and O–H groups in total. The summed E-state index contributed by atoms with van der Waals surface area (Å²) in [4.78, 5) is 17.3. The third-order valence-corrected chi connectivity index (χ3v) is 2.30. The van der Waals surface area contributed by atoms with Gasteiger partial charge in [-0.25, -0.2) is 0 Å². The van der Waals surface area contributed by atoms with Crippen LogP contribution in [0.25, 0.3) is 0 Å². The molecule has 0 bridgehead atoms. The van der Waals surface area contributed by atoms with Crippen LogP contribution < -0.4 is 0 Å². The van der Waals surface area contributed by atoms with Crippen molar-refractivity contribution >= 4 is 5.97 Å². The van der Waals surface area contributed by atoms with Crippen molar-refractivity contribution in [3.63, 3.8) is 0 Å². The Bertz CT molecular complexity index is 339. The van der Waals surface area contributed by atoms with Crippen molar-refractivity contribution in [2.75, 3.05) is 20.1 Å². The van der Waals surface area contributed by atoms with Gasteiger partial charge in [-0.3, -0.25) is 14.7 Å². The van der Waals surface area contributed by atoms with Gasteiger partial charge in [-0.05, 0) is 45.0 Å². The molecule has 0 saturated carbocycles. The van der Waals surface area contributed by atoms with Crippen LogP contribution in [-0.4, -0.2) is 42.1 Å². The van der Waals surface area contributed by atoms with Crippen molar-refractivity contribution in [3.8, 4) is 0 Å². The lowest BCUT2D eigenvalue weighted by Gasteiger charge is -2.16. The van der Waals surface area contributed by atoms with Gasteiger partial charge in [0, 0.05) is 18.9 Å². The molecule has 0 aromatic carbocycles. The number of carbonyl (C=O) groups is 1. The quantitative estimate of drug-likeness (QED) is 0.702. The fourth-order valence-electron chi connectivity index (χ4n) is 1.47. The maximum absolute atomic E-state index is 11.4. The van der Waals surface area contributed by atoms with E-state index in [1.807, 2.05) is 37.9 Å². The normalized spacial score (nSPS) is 10.9. The van der Waals surface area contributed by atoms with Crippen molar-refractivity contribution in [3.05, 3.63) is 30.1 Å². The number of nitrogens with zero attached hydrogens (tertiary/aromatic N) is 2. The van der Waals surface area contributed by atoms with Crippen molar-refractivity contribution in [1.82, 2.24) is 9.88 Å². The van der Waals surface area contributed by atoms with Crippen LogP contribution in [0.15, 0.2) is 24.5 Å². The molecule has 0 aliphatic rings. The first-order valence-corrected chi connectivity index (χ1v) is 5.85. The minimum atomic E-state index is -0.169. The number of ether oxygens (including phenoxy) is 1. The van der Waals surface area contributed by atoms with E-state index in [-0.39, 0.29) is 12.1 Å². The van der Waals surface area contributed by atoms with Crippen LogP contribution >= 0.6 is 0 Å². The third-order valence-electron chi connectivity index (χ3n) is 2.30. The Labute approximate surface area is 103 Å². The van der Waals surface area contributed by atoms with Gasteiger partial charge >= 0.3 is 5.97 Å². The fourth-order valence-corrected chi connectivity index (χ4v) is 1.47. The fraction of sp³-hybridized carbons (Fsp3) is 0.538. The molecule has 4 heteroatoms. The summed E-state index contributed by atoms with van der Waals surface area (Å²) < 4.78 is 5.08. The summed E-state index contributed by atoms with van der Waals surface area (Å²) >= 11 is 0. The first-order valence-electron chi connectivity index (χ1n) is 5.85. The zero-order chi connectivity index (χ0) is 12.7. The Morgan fingerprint density at radius 3 is 2.65 bits per heavy atom. The van der Waals surface area contributed by atoms with E-state index >= 15 is 0 Å². The van der Waals surface area contributed by atoms with Gasteiger partial charge in [0.05, 0.1) is 12.6 Å². The van der Waals surface area contributed by atoms with Crippen LogP contribution in [-0.2, 0) is 16.0 Å². The Hall–Kier alpha value is -1.42. The van der Waals surface area contributed by atoms with E-state index in [1.165, 1.54) is 5.56 Å². The topological polar surface area (TPSA) is 42.4 Å². The molecule has 1 heterocycles. The second-order valence-corrected chi connectivity index (χ2v) is 4.38. The van der Waals surface area contributed by atoms with Crippen LogP contribution in [0.5, 0.6) is 0 Å². The number of esters is 1. The van der Waals surface area contributed by atoms with Crippen molar-refractivity contribution in [1.29, 1.82) is 0 Å². The zero-order valence-electron chi connectivity index (χ0n) is 10.7. The van der Waals surface area contributed by atoms with E-state index in [1.54, 1.807) is 12.4 Å². The summed E-state index contributed by atoms with van der Waals surface area (Å²) in [5.74, 6) is -0.169. The Morgan fingerprint density at radius 1 is 1.41 bits per heavy atom. The second-order valence-electron chi connectivity index (χ2n) is 4.38. The molecule has 0 aliphatic carbocycles. The minimum Gasteiger partial charge on any atom is -0.462 e. The molecule has 94 valence electrons. The predicted molar refractivity (Wildman–Crippen MR) is 66.7 cm³/mol. The largest absolute Gasteiger partial charge is 0.462 e. The molecule has 0 amide bonds. The average Bonchev–Trinajstić information content (AvgIpc) is 2.26. The molecule has 1 aromatic heterocycles. The third kappa shape index (κ3) is 6.02. The first kappa shape index (κ1) is 13.6. The van der Waals surface area contributed by atoms with Gasteiger partial charge in [0.25, 0.3) is 0 Å². The van der Waals surface area contributed by atoms with Crippen LogP contribution in [0.4, 0.5) is 0 Å². The van der Waals surface area contributed by atoms with Gasteiger partial charge in [-0.15, -0.1) is 0 Å². The number of hydrogen-bond acceptors (Lipinski definition) is 4. The van der Waals surface area contributed by atoms with Crippen LogP contribution in [0.2, 0.25) is 0 Å². The summed E-state index contributed by atoms with van der Waals surface area (Å²) in [5.41, 5.74) is 1.23. The Balaban J connectivity index is 2.26. The average molecular weight is 236 g/mol. The zero-order valence-corrected chi connectivity index (χ0v) is 10.7. The van der Waals surface area contributed by atoms with E-state index in [0.717, 1.165) is 13.0 Å². The van der Waals surface area contributed by atoms with E-state index in [0.29, 0.717) is 6.54 Å². The molecule has 4 nitrogen and oxygen atoms in total.